The Morgan fingerprint density at radius 2 is 1.95 bits per heavy atom. The van der Waals surface area contributed by atoms with Crippen LogP contribution in [-0.4, -0.2) is 12.0 Å². The third-order valence-corrected chi connectivity index (χ3v) is 7.72. The lowest BCUT2D eigenvalue weighted by Gasteiger charge is -2.56. The Labute approximate surface area is 127 Å². The molecule has 4 aliphatic carbocycles. The third kappa shape index (κ3) is 1.71. The lowest BCUT2D eigenvalue weighted by Crippen LogP contribution is -2.50. The molecular formula is C19H27FO. The molecule has 0 aliphatic heterocycles. The second kappa shape index (κ2) is 4.43. The number of hydrogen-bond acceptors (Lipinski definition) is 1. The first kappa shape index (κ1) is 14.0. The summed E-state index contributed by atoms with van der Waals surface area (Å²) in [5.74, 6) is 1.49. The molecule has 116 valence electrons. The highest BCUT2D eigenvalue weighted by Gasteiger charge is 2.61. The van der Waals surface area contributed by atoms with E-state index >= 15 is 0 Å². The summed E-state index contributed by atoms with van der Waals surface area (Å²) in [6.45, 7) is 4.52. The van der Waals surface area contributed by atoms with Gasteiger partial charge in [-0.3, -0.25) is 4.79 Å². The zero-order valence-corrected chi connectivity index (χ0v) is 13.3. The Morgan fingerprint density at radius 3 is 2.76 bits per heavy atom. The molecule has 0 radical (unpaired) electrons. The second-order valence-corrected chi connectivity index (χ2v) is 8.48. The summed E-state index contributed by atoms with van der Waals surface area (Å²) in [7, 11) is 0. The Kier molecular flexibility index (Phi) is 2.94. The van der Waals surface area contributed by atoms with Gasteiger partial charge in [0.05, 0.1) is 0 Å². The lowest BCUT2D eigenvalue weighted by atomic mass is 9.47. The van der Waals surface area contributed by atoms with Crippen molar-refractivity contribution in [2.45, 2.75) is 71.4 Å². The van der Waals surface area contributed by atoms with E-state index in [-0.39, 0.29) is 11.2 Å². The average Bonchev–Trinajstić information content (AvgIpc) is 2.70. The minimum absolute atomic E-state index is 0.0823. The number of halogens is 1. The molecule has 3 saturated carbocycles. The zero-order valence-electron chi connectivity index (χ0n) is 13.3. The number of carbonyl (C=O) groups excluding carboxylic acids is 1. The number of Topliss-reactive ketones (excluding diaryl/α,β-unsaturated/α-hetero) is 1. The van der Waals surface area contributed by atoms with Crippen LogP contribution in [0, 0.1) is 28.6 Å². The molecule has 3 fully saturated rings. The van der Waals surface area contributed by atoms with Crippen LogP contribution in [0.5, 0.6) is 0 Å². The van der Waals surface area contributed by atoms with Crippen LogP contribution in [0.3, 0.4) is 0 Å². The topological polar surface area (TPSA) is 17.1 Å². The van der Waals surface area contributed by atoms with Crippen LogP contribution < -0.4 is 0 Å². The predicted octanol–water partition coefficient (Wildman–Crippen LogP) is 4.86. The standard InChI is InChI=1S/C19H27FO/c1-18-9-4-3-5-12(18)6-7-13-14(18)8-10-19(2)15(13)11-16(20)17(19)21/h5,13-16H,3-4,6-11H2,1-2H3/t13-,14+,15+,16-,18+,19+/m1/s1. The molecule has 0 amide bonds. The molecule has 4 rings (SSSR count). The van der Waals surface area contributed by atoms with Crippen LogP contribution in [0.1, 0.15) is 65.2 Å². The van der Waals surface area contributed by atoms with Gasteiger partial charge in [0.25, 0.3) is 0 Å². The normalized spacial score (nSPS) is 52.7. The maximum Gasteiger partial charge on any atom is 0.173 e. The summed E-state index contributed by atoms with van der Waals surface area (Å²) < 4.78 is 14.1. The van der Waals surface area contributed by atoms with Crippen LogP contribution >= 0.6 is 0 Å². The van der Waals surface area contributed by atoms with E-state index in [9.17, 15) is 9.18 Å². The van der Waals surface area contributed by atoms with Crippen LogP contribution in [-0.2, 0) is 4.79 Å². The Morgan fingerprint density at radius 1 is 1.14 bits per heavy atom. The number of allylic oxidation sites excluding steroid dienone is 2. The quantitative estimate of drug-likeness (QED) is 0.582. The largest absolute Gasteiger partial charge is 0.296 e. The Bertz CT molecular complexity index is 510. The number of rotatable bonds is 0. The molecule has 0 spiro atoms. The molecule has 6 atom stereocenters. The van der Waals surface area contributed by atoms with Gasteiger partial charge in [0.1, 0.15) is 0 Å². The predicted molar refractivity (Wildman–Crippen MR) is 81.6 cm³/mol. The first-order valence-electron chi connectivity index (χ1n) is 8.85. The van der Waals surface area contributed by atoms with E-state index in [1.165, 1.54) is 32.1 Å². The van der Waals surface area contributed by atoms with Crippen molar-refractivity contribution in [3.05, 3.63) is 11.6 Å². The van der Waals surface area contributed by atoms with Gasteiger partial charge < -0.3 is 0 Å². The van der Waals surface area contributed by atoms with Gasteiger partial charge in [-0.1, -0.05) is 25.5 Å². The van der Waals surface area contributed by atoms with Crippen molar-refractivity contribution in [3.63, 3.8) is 0 Å². The lowest BCUT2D eigenvalue weighted by molar-refractivity contribution is -0.135. The SMILES string of the molecule is C[C@]12CCCC=C1CC[C@@H]1[C@@H]2CC[C@]2(C)C(=O)[C@H](F)C[C@@H]12. The molecule has 2 heteroatoms. The summed E-state index contributed by atoms with van der Waals surface area (Å²) in [6, 6.07) is 0. The van der Waals surface area contributed by atoms with Crippen molar-refractivity contribution in [2.75, 3.05) is 0 Å². The Balaban J connectivity index is 1.70. The van der Waals surface area contributed by atoms with Crippen LogP contribution in [0.15, 0.2) is 11.6 Å². The summed E-state index contributed by atoms with van der Waals surface area (Å²) in [4.78, 5) is 12.3. The van der Waals surface area contributed by atoms with E-state index in [1.54, 1.807) is 5.57 Å². The molecule has 0 aromatic rings. The van der Waals surface area contributed by atoms with E-state index in [1.807, 2.05) is 0 Å². The maximum atomic E-state index is 14.1. The van der Waals surface area contributed by atoms with Gasteiger partial charge in [0.2, 0.25) is 0 Å². The first-order valence-corrected chi connectivity index (χ1v) is 8.85. The molecule has 4 aliphatic rings. The van der Waals surface area contributed by atoms with Gasteiger partial charge in [-0.25, -0.2) is 4.39 Å². The van der Waals surface area contributed by atoms with E-state index < -0.39 is 6.17 Å². The van der Waals surface area contributed by atoms with Crippen molar-refractivity contribution < 1.29 is 9.18 Å². The zero-order chi connectivity index (χ0) is 14.8. The molecule has 0 aromatic heterocycles. The fourth-order valence-electron chi connectivity index (χ4n) is 6.50. The highest BCUT2D eigenvalue weighted by molar-refractivity contribution is 5.91. The molecule has 21 heavy (non-hydrogen) atoms. The van der Waals surface area contributed by atoms with Gasteiger partial charge in [0.15, 0.2) is 12.0 Å². The first-order chi connectivity index (χ1) is 9.97. The smallest absolute Gasteiger partial charge is 0.173 e. The highest BCUT2D eigenvalue weighted by atomic mass is 19.1. The number of carbonyl (C=O) groups is 1. The van der Waals surface area contributed by atoms with Crippen molar-refractivity contribution in [1.82, 2.24) is 0 Å². The van der Waals surface area contributed by atoms with Crippen LogP contribution in [0.2, 0.25) is 0 Å². The molecular weight excluding hydrogens is 263 g/mol. The van der Waals surface area contributed by atoms with Crippen molar-refractivity contribution in [2.24, 2.45) is 28.6 Å². The van der Waals surface area contributed by atoms with Crippen LogP contribution in [0.4, 0.5) is 4.39 Å². The molecule has 0 aromatic carbocycles. The number of fused-ring (bicyclic) bond motifs is 5. The van der Waals surface area contributed by atoms with Crippen molar-refractivity contribution >= 4 is 5.78 Å². The van der Waals surface area contributed by atoms with Crippen molar-refractivity contribution in [3.8, 4) is 0 Å². The number of hydrogen-bond donors (Lipinski definition) is 0. The molecule has 0 unspecified atom stereocenters. The second-order valence-electron chi connectivity index (χ2n) is 8.48. The van der Waals surface area contributed by atoms with Gasteiger partial charge in [0, 0.05) is 5.41 Å². The van der Waals surface area contributed by atoms with Crippen LogP contribution in [0.25, 0.3) is 0 Å². The van der Waals surface area contributed by atoms with E-state index in [0.717, 1.165) is 12.8 Å². The van der Waals surface area contributed by atoms with E-state index in [2.05, 4.69) is 19.9 Å². The summed E-state index contributed by atoms with van der Waals surface area (Å²) in [6.07, 6.45) is 10.1. The number of alkyl halides is 1. The molecule has 0 bridgehead atoms. The minimum Gasteiger partial charge on any atom is -0.296 e. The number of ketones is 1. The maximum absolute atomic E-state index is 14.1. The van der Waals surface area contributed by atoms with E-state index in [0.29, 0.717) is 29.6 Å². The summed E-state index contributed by atoms with van der Waals surface area (Å²) in [5, 5.41) is 0. The fourth-order valence-corrected chi connectivity index (χ4v) is 6.50. The monoisotopic (exact) mass is 290 g/mol. The molecule has 1 nitrogen and oxygen atoms in total. The van der Waals surface area contributed by atoms with E-state index in [4.69, 9.17) is 0 Å². The highest BCUT2D eigenvalue weighted by Crippen LogP contribution is 2.64. The van der Waals surface area contributed by atoms with Gasteiger partial charge in [-0.05, 0) is 74.5 Å². The van der Waals surface area contributed by atoms with Gasteiger partial charge in [-0.15, -0.1) is 0 Å². The third-order valence-electron chi connectivity index (χ3n) is 7.72. The molecule has 0 N–H and O–H groups in total. The molecule has 0 heterocycles. The average molecular weight is 290 g/mol. The molecule has 0 saturated heterocycles. The summed E-state index contributed by atoms with van der Waals surface area (Å²) >= 11 is 0. The summed E-state index contributed by atoms with van der Waals surface area (Å²) in [5.41, 5.74) is 1.67. The van der Waals surface area contributed by atoms with Crippen molar-refractivity contribution in [1.29, 1.82) is 0 Å². The fraction of sp³-hybridized carbons (Fsp3) is 0.842. The van der Waals surface area contributed by atoms with Gasteiger partial charge >= 0.3 is 0 Å². The van der Waals surface area contributed by atoms with Gasteiger partial charge in [-0.2, -0.15) is 0 Å². The minimum atomic E-state index is -1.19. The Hall–Kier alpha value is -0.660.